The molecule has 0 saturated heterocycles. The first kappa shape index (κ1) is 21.8. The Balaban J connectivity index is 1.70. The number of fused-ring (bicyclic) bond motifs is 1. The molecule has 0 radical (unpaired) electrons. The average molecular weight is 449 g/mol. The van der Waals surface area contributed by atoms with Crippen LogP contribution in [0.4, 0.5) is 5.69 Å². The van der Waals surface area contributed by atoms with Gasteiger partial charge < -0.3 is 10.1 Å². The summed E-state index contributed by atoms with van der Waals surface area (Å²) in [7, 11) is 0. The van der Waals surface area contributed by atoms with Crippen LogP contribution in [0.15, 0.2) is 42.5 Å². The number of imide groups is 1. The Morgan fingerprint density at radius 3 is 2.17 bits per heavy atom. The van der Waals surface area contributed by atoms with E-state index in [9.17, 15) is 19.2 Å². The Labute approximate surface area is 182 Å². The number of carbonyl (C=O) groups excluding carboxylic acids is 4. The summed E-state index contributed by atoms with van der Waals surface area (Å²) in [5.41, 5.74) is 0.731. The second-order valence-corrected chi connectivity index (χ2v) is 7.76. The fourth-order valence-electron chi connectivity index (χ4n) is 3.14. The number of esters is 1. The molecule has 0 fully saturated rings. The van der Waals surface area contributed by atoms with E-state index in [4.69, 9.17) is 27.9 Å². The molecule has 1 atom stereocenters. The number of halogens is 2. The highest BCUT2D eigenvalue weighted by atomic mass is 35.5. The van der Waals surface area contributed by atoms with Gasteiger partial charge in [0.15, 0.2) is 6.61 Å². The summed E-state index contributed by atoms with van der Waals surface area (Å²) in [6, 6.07) is 9.88. The number of carbonyl (C=O) groups is 4. The van der Waals surface area contributed by atoms with Crippen LogP contribution in [0.2, 0.25) is 10.0 Å². The van der Waals surface area contributed by atoms with Crippen LogP contribution in [-0.4, -0.2) is 41.2 Å². The minimum atomic E-state index is -1.17. The Bertz CT molecular complexity index is 1000. The lowest BCUT2D eigenvalue weighted by molar-refractivity contribution is -0.152. The zero-order chi connectivity index (χ0) is 22.0. The van der Waals surface area contributed by atoms with Crippen LogP contribution in [0.3, 0.4) is 0 Å². The van der Waals surface area contributed by atoms with Gasteiger partial charge in [-0.15, -0.1) is 0 Å². The van der Waals surface area contributed by atoms with Crippen LogP contribution in [0.5, 0.6) is 0 Å². The molecule has 2 aromatic rings. The summed E-state index contributed by atoms with van der Waals surface area (Å²) >= 11 is 11.9. The lowest BCUT2D eigenvalue weighted by atomic mass is 10.0. The zero-order valence-electron chi connectivity index (χ0n) is 16.1. The summed E-state index contributed by atoms with van der Waals surface area (Å²) in [4.78, 5) is 51.1. The van der Waals surface area contributed by atoms with Gasteiger partial charge in [0.2, 0.25) is 0 Å². The van der Waals surface area contributed by atoms with Crippen LogP contribution in [0.25, 0.3) is 0 Å². The summed E-state index contributed by atoms with van der Waals surface area (Å²) in [6.07, 6.45) is 0. The number of nitrogens with one attached hydrogen (secondary N) is 1. The van der Waals surface area contributed by atoms with E-state index in [1.54, 1.807) is 44.2 Å². The number of benzene rings is 2. The zero-order valence-corrected chi connectivity index (χ0v) is 17.7. The molecule has 1 aliphatic heterocycles. The van der Waals surface area contributed by atoms with Crippen molar-refractivity contribution in [3.8, 4) is 0 Å². The van der Waals surface area contributed by atoms with E-state index < -0.39 is 42.3 Å². The first-order valence-electron chi connectivity index (χ1n) is 9.09. The normalized spacial score (nSPS) is 14.0. The number of amides is 3. The summed E-state index contributed by atoms with van der Waals surface area (Å²) < 4.78 is 5.10. The topological polar surface area (TPSA) is 92.8 Å². The van der Waals surface area contributed by atoms with Crippen LogP contribution in [-0.2, 0) is 14.3 Å². The molecular weight excluding hydrogens is 431 g/mol. The third-order valence-corrected chi connectivity index (χ3v) is 5.37. The van der Waals surface area contributed by atoms with Crippen molar-refractivity contribution in [3.63, 3.8) is 0 Å². The molecule has 0 saturated carbocycles. The van der Waals surface area contributed by atoms with Gasteiger partial charge in [0.25, 0.3) is 17.7 Å². The molecule has 2 aromatic carbocycles. The second-order valence-electron chi connectivity index (χ2n) is 6.97. The minimum Gasteiger partial charge on any atom is -0.454 e. The van der Waals surface area contributed by atoms with E-state index >= 15 is 0 Å². The van der Waals surface area contributed by atoms with Crippen molar-refractivity contribution < 1.29 is 23.9 Å². The second kappa shape index (κ2) is 8.85. The van der Waals surface area contributed by atoms with Crippen molar-refractivity contribution in [2.24, 2.45) is 5.92 Å². The Kier molecular flexibility index (Phi) is 6.43. The van der Waals surface area contributed by atoms with Gasteiger partial charge in [-0.3, -0.25) is 19.3 Å². The highest BCUT2D eigenvalue weighted by molar-refractivity contribution is 6.44. The number of nitrogens with zero attached hydrogens (tertiary/aromatic N) is 1. The maximum atomic E-state index is 12.7. The van der Waals surface area contributed by atoms with E-state index in [-0.39, 0.29) is 26.9 Å². The molecular formula is C21H18Cl2N2O5. The molecule has 0 aliphatic carbocycles. The SMILES string of the molecule is CC(C)[C@H](C(=O)OCC(=O)Nc1cccc(Cl)c1Cl)N1C(=O)c2ccccc2C1=O. The standard InChI is InChI=1S/C21H18Cl2N2O5/c1-11(2)18(25-19(27)12-6-3-4-7-13(12)20(25)28)21(29)30-10-16(26)24-15-9-5-8-14(22)17(15)23/h3-9,11,18H,10H2,1-2H3,(H,24,26)/t18-/m1/s1. The molecule has 3 amide bonds. The van der Waals surface area contributed by atoms with Crippen molar-refractivity contribution in [3.05, 3.63) is 63.6 Å². The van der Waals surface area contributed by atoms with Gasteiger partial charge in [-0.05, 0) is 30.2 Å². The quantitative estimate of drug-likeness (QED) is 0.535. The number of ether oxygens (including phenoxy) is 1. The molecule has 0 unspecified atom stereocenters. The Morgan fingerprint density at radius 1 is 1.00 bits per heavy atom. The molecule has 0 aromatic heterocycles. The van der Waals surface area contributed by atoms with Crippen LogP contribution >= 0.6 is 23.2 Å². The first-order valence-corrected chi connectivity index (χ1v) is 9.85. The number of hydrogen-bond acceptors (Lipinski definition) is 5. The Hall–Kier alpha value is -2.90. The molecule has 3 rings (SSSR count). The van der Waals surface area contributed by atoms with Crippen molar-refractivity contribution >= 4 is 52.6 Å². The number of rotatable bonds is 6. The Morgan fingerprint density at radius 2 is 1.60 bits per heavy atom. The molecule has 7 nitrogen and oxygen atoms in total. The molecule has 0 spiro atoms. The van der Waals surface area contributed by atoms with Gasteiger partial charge in [-0.2, -0.15) is 0 Å². The van der Waals surface area contributed by atoms with Crippen molar-refractivity contribution in [1.82, 2.24) is 4.90 Å². The fourth-order valence-corrected chi connectivity index (χ4v) is 3.49. The van der Waals surface area contributed by atoms with Gasteiger partial charge in [-0.25, -0.2) is 4.79 Å². The van der Waals surface area contributed by atoms with Gasteiger partial charge in [0, 0.05) is 0 Å². The van der Waals surface area contributed by atoms with Crippen LogP contribution < -0.4 is 5.32 Å². The van der Waals surface area contributed by atoms with Crippen molar-refractivity contribution in [2.75, 3.05) is 11.9 Å². The predicted molar refractivity (Wildman–Crippen MR) is 112 cm³/mol. The third kappa shape index (κ3) is 4.17. The van der Waals surface area contributed by atoms with E-state index in [1.807, 2.05) is 0 Å². The number of anilines is 1. The smallest absolute Gasteiger partial charge is 0.330 e. The summed E-state index contributed by atoms with van der Waals surface area (Å²) in [5, 5.41) is 2.91. The van der Waals surface area contributed by atoms with Crippen LogP contribution in [0.1, 0.15) is 34.6 Å². The highest BCUT2D eigenvalue weighted by Crippen LogP contribution is 2.30. The van der Waals surface area contributed by atoms with Gasteiger partial charge >= 0.3 is 5.97 Å². The predicted octanol–water partition coefficient (Wildman–Crippen LogP) is 3.80. The maximum absolute atomic E-state index is 12.7. The van der Waals surface area contributed by atoms with E-state index in [2.05, 4.69) is 5.32 Å². The van der Waals surface area contributed by atoms with Gasteiger partial charge in [0.05, 0.1) is 26.9 Å². The third-order valence-electron chi connectivity index (χ3n) is 4.55. The molecule has 1 N–H and O–H groups in total. The van der Waals surface area contributed by atoms with Gasteiger partial charge in [0.1, 0.15) is 6.04 Å². The van der Waals surface area contributed by atoms with Crippen molar-refractivity contribution in [1.29, 1.82) is 0 Å². The molecule has 30 heavy (non-hydrogen) atoms. The average Bonchev–Trinajstić information content (AvgIpc) is 2.95. The first-order chi connectivity index (χ1) is 14.2. The van der Waals surface area contributed by atoms with Crippen molar-refractivity contribution in [2.45, 2.75) is 19.9 Å². The fraction of sp³-hybridized carbons (Fsp3) is 0.238. The highest BCUT2D eigenvalue weighted by Gasteiger charge is 2.44. The monoisotopic (exact) mass is 448 g/mol. The lowest BCUT2D eigenvalue weighted by Crippen LogP contribution is -2.49. The molecule has 9 heteroatoms. The molecule has 1 aliphatic rings. The largest absolute Gasteiger partial charge is 0.454 e. The summed E-state index contributed by atoms with van der Waals surface area (Å²) in [6.45, 7) is 2.75. The number of hydrogen-bond donors (Lipinski definition) is 1. The summed E-state index contributed by atoms with van der Waals surface area (Å²) in [5.74, 6) is -3.06. The lowest BCUT2D eigenvalue weighted by Gasteiger charge is -2.27. The van der Waals surface area contributed by atoms with E-state index in [1.165, 1.54) is 12.1 Å². The van der Waals surface area contributed by atoms with E-state index in [0.29, 0.717) is 0 Å². The molecule has 1 heterocycles. The van der Waals surface area contributed by atoms with Crippen LogP contribution in [0, 0.1) is 5.92 Å². The minimum absolute atomic E-state index is 0.157. The van der Waals surface area contributed by atoms with E-state index in [0.717, 1.165) is 4.90 Å². The van der Waals surface area contributed by atoms with Gasteiger partial charge in [-0.1, -0.05) is 55.2 Å². The molecule has 0 bridgehead atoms. The molecule has 156 valence electrons. The maximum Gasteiger partial charge on any atom is 0.330 e.